The number of carbonyl (C=O) groups is 2. The number of hydrogen-bond acceptors (Lipinski definition) is 3. The van der Waals surface area contributed by atoms with Crippen LogP contribution in [0.4, 0.5) is 5.69 Å². The van der Waals surface area contributed by atoms with Gasteiger partial charge in [-0.05, 0) is 49.9 Å². The maximum atomic E-state index is 12.7. The van der Waals surface area contributed by atoms with E-state index >= 15 is 0 Å². The molecule has 5 heteroatoms. The second-order valence-corrected chi connectivity index (χ2v) is 8.27. The molecule has 4 rings (SSSR count). The number of likely N-dealkylation sites (tertiary alicyclic amines) is 1. The molecule has 2 N–H and O–H groups in total. The van der Waals surface area contributed by atoms with Crippen LogP contribution in [0, 0.1) is 5.92 Å². The SMILES string of the molecule is CC(NC(=O)C1CCN(CC(=O)Nc2cccc3ccccc23)CC1)c1ccccc1. The van der Waals surface area contributed by atoms with Gasteiger partial charge in [0.15, 0.2) is 0 Å². The van der Waals surface area contributed by atoms with Gasteiger partial charge in [0, 0.05) is 17.0 Å². The number of anilines is 1. The first-order chi connectivity index (χ1) is 15.1. The third-order valence-electron chi connectivity index (χ3n) is 6.05. The molecule has 0 saturated carbocycles. The Bertz CT molecular complexity index is 1040. The third-order valence-corrected chi connectivity index (χ3v) is 6.05. The Hall–Kier alpha value is -3.18. The van der Waals surface area contributed by atoms with Crippen molar-refractivity contribution in [1.29, 1.82) is 0 Å². The molecule has 0 aliphatic carbocycles. The Balaban J connectivity index is 1.26. The van der Waals surface area contributed by atoms with Crippen molar-refractivity contribution in [2.75, 3.05) is 25.0 Å². The lowest BCUT2D eigenvalue weighted by Crippen LogP contribution is -2.43. The van der Waals surface area contributed by atoms with Gasteiger partial charge in [0.1, 0.15) is 0 Å². The molecule has 0 aromatic heterocycles. The molecule has 3 aromatic rings. The van der Waals surface area contributed by atoms with Crippen molar-refractivity contribution in [2.45, 2.75) is 25.8 Å². The van der Waals surface area contributed by atoms with E-state index in [1.54, 1.807) is 0 Å². The Labute approximate surface area is 183 Å². The fourth-order valence-electron chi connectivity index (χ4n) is 4.24. The van der Waals surface area contributed by atoms with E-state index in [1.807, 2.05) is 79.7 Å². The molecule has 5 nitrogen and oxygen atoms in total. The van der Waals surface area contributed by atoms with Gasteiger partial charge in [0.2, 0.25) is 11.8 Å². The van der Waals surface area contributed by atoms with Crippen molar-refractivity contribution < 1.29 is 9.59 Å². The van der Waals surface area contributed by atoms with Crippen LogP contribution in [0.5, 0.6) is 0 Å². The van der Waals surface area contributed by atoms with E-state index < -0.39 is 0 Å². The molecule has 2 amide bonds. The average molecular weight is 416 g/mol. The van der Waals surface area contributed by atoms with E-state index in [4.69, 9.17) is 0 Å². The summed E-state index contributed by atoms with van der Waals surface area (Å²) in [6, 6.07) is 24.0. The van der Waals surface area contributed by atoms with Crippen LogP contribution in [0.3, 0.4) is 0 Å². The Morgan fingerprint density at radius 1 is 0.935 bits per heavy atom. The number of rotatable bonds is 6. The molecular formula is C26H29N3O2. The molecule has 0 radical (unpaired) electrons. The van der Waals surface area contributed by atoms with Crippen molar-refractivity contribution in [1.82, 2.24) is 10.2 Å². The zero-order valence-corrected chi connectivity index (χ0v) is 17.9. The molecule has 3 aromatic carbocycles. The fraction of sp³-hybridized carbons (Fsp3) is 0.308. The minimum atomic E-state index is -0.0167. The molecule has 1 aliphatic rings. The predicted octanol–water partition coefficient (Wildman–Crippen LogP) is 4.37. The highest BCUT2D eigenvalue weighted by molar-refractivity contribution is 6.02. The highest BCUT2D eigenvalue weighted by atomic mass is 16.2. The largest absolute Gasteiger partial charge is 0.349 e. The molecule has 1 aliphatic heterocycles. The van der Waals surface area contributed by atoms with E-state index in [0.717, 1.165) is 48.0 Å². The molecule has 1 fully saturated rings. The van der Waals surface area contributed by atoms with Gasteiger partial charge >= 0.3 is 0 Å². The lowest BCUT2D eigenvalue weighted by molar-refractivity contribution is -0.127. The molecule has 0 spiro atoms. The van der Waals surface area contributed by atoms with Crippen LogP contribution in [0.15, 0.2) is 72.8 Å². The van der Waals surface area contributed by atoms with E-state index in [1.165, 1.54) is 0 Å². The highest BCUT2D eigenvalue weighted by Crippen LogP contribution is 2.23. The summed E-state index contributed by atoms with van der Waals surface area (Å²) in [4.78, 5) is 27.4. The number of benzene rings is 3. The maximum Gasteiger partial charge on any atom is 0.238 e. The number of nitrogens with zero attached hydrogens (tertiary/aromatic N) is 1. The number of fused-ring (bicyclic) bond motifs is 1. The van der Waals surface area contributed by atoms with Gasteiger partial charge in [-0.25, -0.2) is 0 Å². The van der Waals surface area contributed by atoms with Crippen molar-refractivity contribution in [3.8, 4) is 0 Å². The first kappa shape index (κ1) is 21.1. The molecular weight excluding hydrogens is 386 g/mol. The van der Waals surface area contributed by atoms with Gasteiger partial charge in [0.05, 0.1) is 12.6 Å². The Kier molecular flexibility index (Phi) is 6.63. The first-order valence-electron chi connectivity index (χ1n) is 11.0. The van der Waals surface area contributed by atoms with Gasteiger partial charge in [-0.1, -0.05) is 66.7 Å². The molecule has 0 bridgehead atoms. The fourth-order valence-corrected chi connectivity index (χ4v) is 4.24. The number of nitrogens with one attached hydrogen (secondary N) is 2. The molecule has 31 heavy (non-hydrogen) atoms. The first-order valence-corrected chi connectivity index (χ1v) is 11.0. The van der Waals surface area contributed by atoms with Gasteiger partial charge in [-0.3, -0.25) is 14.5 Å². The van der Waals surface area contributed by atoms with Crippen molar-refractivity contribution >= 4 is 28.3 Å². The van der Waals surface area contributed by atoms with Crippen LogP contribution in [0.2, 0.25) is 0 Å². The molecule has 1 heterocycles. The van der Waals surface area contributed by atoms with Crippen LogP contribution in [-0.2, 0) is 9.59 Å². The summed E-state index contributed by atoms with van der Waals surface area (Å²) in [5.74, 6) is 0.0942. The molecule has 1 atom stereocenters. The molecule has 1 saturated heterocycles. The van der Waals surface area contributed by atoms with Gasteiger partial charge < -0.3 is 10.6 Å². The zero-order chi connectivity index (χ0) is 21.6. The summed E-state index contributed by atoms with van der Waals surface area (Å²) in [7, 11) is 0. The van der Waals surface area contributed by atoms with E-state index in [0.29, 0.717) is 6.54 Å². The lowest BCUT2D eigenvalue weighted by Gasteiger charge is -2.31. The molecule has 1 unspecified atom stereocenters. The maximum absolute atomic E-state index is 12.7. The number of piperidine rings is 1. The predicted molar refractivity (Wildman–Crippen MR) is 125 cm³/mol. The van der Waals surface area contributed by atoms with Gasteiger partial charge in [-0.2, -0.15) is 0 Å². The topological polar surface area (TPSA) is 61.4 Å². The normalized spacial score (nSPS) is 16.0. The average Bonchev–Trinajstić information content (AvgIpc) is 2.80. The second-order valence-electron chi connectivity index (χ2n) is 8.27. The summed E-state index contributed by atoms with van der Waals surface area (Å²) in [5, 5.41) is 8.34. The summed E-state index contributed by atoms with van der Waals surface area (Å²) in [6.45, 7) is 3.86. The van der Waals surface area contributed by atoms with Gasteiger partial charge in [0.25, 0.3) is 0 Å². The lowest BCUT2D eigenvalue weighted by atomic mass is 9.95. The number of hydrogen-bond donors (Lipinski definition) is 2. The molecule has 160 valence electrons. The van der Waals surface area contributed by atoms with Crippen molar-refractivity contribution in [3.63, 3.8) is 0 Å². The third kappa shape index (κ3) is 5.30. The zero-order valence-electron chi connectivity index (χ0n) is 17.9. The van der Waals surface area contributed by atoms with E-state index in [2.05, 4.69) is 15.5 Å². The minimum absolute atomic E-state index is 0.00166. The standard InChI is InChI=1S/C26H29N3O2/c1-19(20-8-3-2-4-9-20)27-26(31)22-14-16-29(17-15-22)18-25(30)28-24-13-7-11-21-10-5-6-12-23(21)24/h2-13,19,22H,14-18H2,1H3,(H,27,31)(H,28,30). The van der Waals surface area contributed by atoms with Crippen LogP contribution in [0.25, 0.3) is 10.8 Å². The van der Waals surface area contributed by atoms with Crippen LogP contribution in [-0.4, -0.2) is 36.3 Å². The smallest absolute Gasteiger partial charge is 0.238 e. The van der Waals surface area contributed by atoms with Crippen LogP contribution < -0.4 is 10.6 Å². The second kappa shape index (κ2) is 9.75. The summed E-state index contributed by atoms with van der Waals surface area (Å²) >= 11 is 0. The summed E-state index contributed by atoms with van der Waals surface area (Å²) < 4.78 is 0. The van der Waals surface area contributed by atoms with Crippen molar-refractivity contribution in [3.05, 3.63) is 78.4 Å². The van der Waals surface area contributed by atoms with Gasteiger partial charge in [-0.15, -0.1) is 0 Å². The summed E-state index contributed by atoms with van der Waals surface area (Å²) in [5.41, 5.74) is 1.95. The highest BCUT2D eigenvalue weighted by Gasteiger charge is 2.26. The van der Waals surface area contributed by atoms with Crippen LogP contribution >= 0.6 is 0 Å². The summed E-state index contributed by atoms with van der Waals surface area (Å²) in [6.07, 6.45) is 1.55. The van der Waals surface area contributed by atoms with Crippen molar-refractivity contribution in [2.24, 2.45) is 5.92 Å². The van der Waals surface area contributed by atoms with E-state index in [9.17, 15) is 9.59 Å². The number of carbonyl (C=O) groups excluding carboxylic acids is 2. The monoisotopic (exact) mass is 415 g/mol. The van der Waals surface area contributed by atoms with Crippen LogP contribution in [0.1, 0.15) is 31.4 Å². The Morgan fingerprint density at radius 2 is 1.61 bits per heavy atom. The Morgan fingerprint density at radius 3 is 2.39 bits per heavy atom. The number of amides is 2. The van der Waals surface area contributed by atoms with E-state index in [-0.39, 0.29) is 23.8 Å². The quantitative estimate of drug-likeness (QED) is 0.629. The minimum Gasteiger partial charge on any atom is -0.349 e.